The van der Waals surface area contributed by atoms with Gasteiger partial charge in [-0.25, -0.2) is 13.6 Å². The van der Waals surface area contributed by atoms with Crippen LogP contribution in [0, 0.1) is 17.6 Å². The smallest absolute Gasteiger partial charge is 0.336 e. The monoisotopic (exact) mass is 299 g/mol. The van der Waals surface area contributed by atoms with Crippen LogP contribution in [0.25, 0.3) is 0 Å². The highest BCUT2D eigenvalue weighted by atomic mass is 19.2. The molecule has 0 spiro atoms. The molecule has 2 N–H and O–H groups in total. The van der Waals surface area contributed by atoms with Crippen molar-refractivity contribution >= 4 is 11.9 Å². The van der Waals surface area contributed by atoms with Crippen LogP contribution in [0.5, 0.6) is 0 Å². The fourth-order valence-electron chi connectivity index (χ4n) is 2.31. The highest BCUT2D eigenvalue weighted by Crippen LogP contribution is 2.17. The molecule has 0 bridgehead atoms. The van der Waals surface area contributed by atoms with Gasteiger partial charge in [-0.1, -0.05) is 26.7 Å². The molecule has 4 nitrogen and oxygen atoms in total. The molecule has 116 valence electrons. The molecule has 1 rings (SSSR count). The Morgan fingerprint density at radius 1 is 1.14 bits per heavy atom. The third kappa shape index (κ3) is 4.00. The van der Waals surface area contributed by atoms with Crippen LogP contribution in [0.4, 0.5) is 8.78 Å². The number of rotatable bonds is 6. The molecule has 1 aromatic carbocycles. The lowest BCUT2D eigenvalue weighted by Crippen LogP contribution is -2.38. The zero-order chi connectivity index (χ0) is 16.2. The van der Waals surface area contributed by atoms with Crippen molar-refractivity contribution in [3.63, 3.8) is 0 Å². The van der Waals surface area contributed by atoms with Gasteiger partial charge in [-0.2, -0.15) is 0 Å². The summed E-state index contributed by atoms with van der Waals surface area (Å²) >= 11 is 0. The normalized spacial score (nSPS) is 12.3. The van der Waals surface area contributed by atoms with Crippen molar-refractivity contribution < 1.29 is 23.5 Å². The fourth-order valence-corrected chi connectivity index (χ4v) is 2.31. The molecule has 1 amide bonds. The predicted octanol–water partition coefficient (Wildman–Crippen LogP) is 3.22. The van der Waals surface area contributed by atoms with E-state index >= 15 is 0 Å². The third-order valence-electron chi connectivity index (χ3n) is 3.65. The summed E-state index contributed by atoms with van der Waals surface area (Å²) in [5, 5.41) is 11.6. The number of carbonyl (C=O) groups is 2. The highest BCUT2D eigenvalue weighted by Gasteiger charge is 2.23. The van der Waals surface area contributed by atoms with E-state index in [1.54, 1.807) is 6.92 Å². The van der Waals surface area contributed by atoms with Crippen LogP contribution in [0.1, 0.15) is 54.3 Å². The Bertz CT molecular complexity index is 542. The molecule has 6 heteroatoms. The van der Waals surface area contributed by atoms with E-state index in [1.807, 2.05) is 13.8 Å². The molecule has 0 aliphatic carbocycles. The lowest BCUT2D eigenvalue weighted by molar-refractivity contribution is 0.0689. The van der Waals surface area contributed by atoms with E-state index in [-0.39, 0.29) is 17.5 Å². The number of halogens is 2. The topological polar surface area (TPSA) is 66.4 Å². The van der Waals surface area contributed by atoms with E-state index in [0.29, 0.717) is 12.1 Å². The van der Waals surface area contributed by atoms with Crippen LogP contribution in [0.3, 0.4) is 0 Å². The van der Waals surface area contributed by atoms with Gasteiger partial charge in [0.05, 0.1) is 11.1 Å². The molecule has 21 heavy (non-hydrogen) atoms. The Kier molecular flexibility index (Phi) is 5.81. The first kappa shape index (κ1) is 17.1. The Morgan fingerprint density at radius 3 is 2.05 bits per heavy atom. The summed E-state index contributed by atoms with van der Waals surface area (Å²) in [5.74, 6) is -4.51. The zero-order valence-electron chi connectivity index (χ0n) is 12.2. The van der Waals surface area contributed by atoms with Crippen LogP contribution in [0.2, 0.25) is 0 Å². The van der Waals surface area contributed by atoms with Crippen LogP contribution in [-0.2, 0) is 0 Å². The number of carboxylic acids is 1. The molecule has 0 radical (unpaired) electrons. The number of aromatic carboxylic acids is 1. The molecule has 0 saturated heterocycles. The average molecular weight is 299 g/mol. The molecule has 0 aromatic heterocycles. The molecule has 0 aliphatic rings. The second-order valence-electron chi connectivity index (χ2n) is 4.96. The summed E-state index contributed by atoms with van der Waals surface area (Å²) in [5.41, 5.74) is -0.928. The van der Waals surface area contributed by atoms with Crippen molar-refractivity contribution in [1.29, 1.82) is 0 Å². The molecule has 0 fully saturated rings. The summed E-state index contributed by atoms with van der Waals surface area (Å²) in [4.78, 5) is 23.2. The average Bonchev–Trinajstić information content (AvgIpc) is 2.42. The molecule has 0 aliphatic heterocycles. The summed E-state index contributed by atoms with van der Waals surface area (Å²) < 4.78 is 26.4. The number of benzene rings is 1. The van der Waals surface area contributed by atoms with E-state index in [0.717, 1.165) is 12.8 Å². The quantitative estimate of drug-likeness (QED) is 0.847. The van der Waals surface area contributed by atoms with E-state index in [1.165, 1.54) is 0 Å². The number of amides is 1. The highest BCUT2D eigenvalue weighted by molar-refractivity contribution is 6.04. The lowest BCUT2D eigenvalue weighted by atomic mass is 9.95. The standard InChI is InChI=1S/C15H19F2NO3/c1-4-9(5-2)8(3)18-14(19)10-6-12(16)13(17)7-11(10)15(20)21/h6-9H,4-5H2,1-3H3,(H,18,19)(H,20,21). The van der Waals surface area contributed by atoms with Gasteiger partial charge < -0.3 is 10.4 Å². The van der Waals surface area contributed by atoms with Gasteiger partial charge in [0.25, 0.3) is 5.91 Å². The molecule has 0 heterocycles. The SMILES string of the molecule is CCC(CC)C(C)NC(=O)c1cc(F)c(F)cc1C(=O)O. The Morgan fingerprint density at radius 2 is 1.62 bits per heavy atom. The summed E-state index contributed by atoms with van der Waals surface area (Å²) in [6, 6.07) is 0.949. The minimum atomic E-state index is -1.48. The van der Waals surface area contributed by atoms with Gasteiger partial charge >= 0.3 is 5.97 Å². The number of carboxylic acid groups (broad SMARTS) is 1. The van der Waals surface area contributed by atoms with Gasteiger partial charge in [-0.3, -0.25) is 4.79 Å². The van der Waals surface area contributed by atoms with E-state index < -0.39 is 29.1 Å². The minimum Gasteiger partial charge on any atom is -0.478 e. The minimum absolute atomic E-state index is 0.192. The Hall–Kier alpha value is -1.98. The van der Waals surface area contributed by atoms with Gasteiger partial charge in [0.2, 0.25) is 0 Å². The number of nitrogens with one attached hydrogen (secondary N) is 1. The maximum absolute atomic E-state index is 13.3. The van der Waals surface area contributed by atoms with Gasteiger partial charge in [0.15, 0.2) is 11.6 Å². The lowest BCUT2D eigenvalue weighted by Gasteiger charge is -2.22. The summed E-state index contributed by atoms with van der Waals surface area (Å²) in [6.45, 7) is 5.77. The van der Waals surface area contributed by atoms with Gasteiger partial charge in [-0.05, 0) is 25.0 Å². The van der Waals surface area contributed by atoms with Gasteiger partial charge in [0.1, 0.15) is 0 Å². The number of hydrogen-bond acceptors (Lipinski definition) is 2. The van der Waals surface area contributed by atoms with Crippen LogP contribution >= 0.6 is 0 Å². The van der Waals surface area contributed by atoms with Crippen molar-refractivity contribution in [1.82, 2.24) is 5.32 Å². The number of hydrogen-bond donors (Lipinski definition) is 2. The summed E-state index contributed by atoms with van der Waals surface area (Å²) in [6.07, 6.45) is 1.70. The maximum atomic E-state index is 13.3. The molecular formula is C15H19F2NO3. The second kappa shape index (κ2) is 7.15. The third-order valence-corrected chi connectivity index (χ3v) is 3.65. The van der Waals surface area contributed by atoms with Crippen molar-refractivity contribution in [3.8, 4) is 0 Å². The van der Waals surface area contributed by atoms with Crippen molar-refractivity contribution in [2.75, 3.05) is 0 Å². The van der Waals surface area contributed by atoms with Crippen molar-refractivity contribution in [2.24, 2.45) is 5.92 Å². The van der Waals surface area contributed by atoms with E-state index in [9.17, 15) is 18.4 Å². The first-order valence-corrected chi connectivity index (χ1v) is 6.84. The summed E-state index contributed by atoms with van der Waals surface area (Å²) in [7, 11) is 0. The van der Waals surface area contributed by atoms with E-state index in [4.69, 9.17) is 5.11 Å². The Balaban J connectivity index is 3.07. The van der Waals surface area contributed by atoms with E-state index in [2.05, 4.69) is 5.32 Å². The Labute approximate surface area is 122 Å². The maximum Gasteiger partial charge on any atom is 0.336 e. The second-order valence-corrected chi connectivity index (χ2v) is 4.96. The molecule has 0 saturated carbocycles. The van der Waals surface area contributed by atoms with Gasteiger partial charge in [0, 0.05) is 6.04 Å². The first-order chi connectivity index (χ1) is 9.81. The predicted molar refractivity (Wildman–Crippen MR) is 74.3 cm³/mol. The van der Waals surface area contributed by atoms with Crippen LogP contribution < -0.4 is 5.32 Å². The van der Waals surface area contributed by atoms with Crippen molar-refractivity contribution in [2.45, 2.75) is 39.7 Å². The molecular weight excluding hydrogens is 280 g/mol. The first-order valence-electron chi connectivity index (χ1n) is 6.84. The van der Waals surface area contributed by atoms with Crippen LogP contribution in [0.15, 0.2) is 12.1 Å². The largest absolute Gasteiger partial charge is 0.478 e. The van der Waals surface area contributed by atoms with Crippen molar-refractivity contribution in [3.05, 3.63) is 34.9 Å². The zero-order valence-corrected chi connectivity index (χ0v) is 12.2. The van der Waals surface area contributed by atoms with Crippen LogP contribution in [-0.4, -0.2) is 23.0 Å². The van der Waals surface area contributed by atoms with Gasteiger partial charge in [-0.15, -0.1) is 0 Å². The number of carbonyl (C=O) groups excluding carboxylic acids is 1. The molecule has 1 atom stereocenters. The fraction of sp³-hybridized carbons (Fsp3) is 0.467. The molecule has 1 aromatic rings. The molecule has 1 unspecified atom stereocenters.